The Morgan fingerprint density at radius 2 is 0.736 bits per heavy atom. The van der Waals surface area contributed by atoms with Gasteiger partial charge in [0.15, 0.2) is 0 Å². The summed E-state index contributed by atoms with van der Waals surface area (Å²) in [6.07, 6.45) is 28.4. The number of hydrogen-bond acceptors (Lipinski definition) is 0. The third kappa shape index (κ3) is 19.1. The zero-order valence-electron chi connectivity index (χ0n) is 36.1. The van der Waals surface area contributed by atoms with E-state index in [1.165, 1.54) is 134 Å². The maximum Gasteiger partial charge on any atom is 2.00 e. The van der Waals surface area contributed by atoms with Crippen LogP contribution in [0.4, 0.5) is 0 Å². The molecule has 3 heteroatoms. The van der Waals surface area contributed by atoms with E-state index < -0.39 is 0 Å². The van der Waals surface area contributed by atoms with Crippen molar-refractivity contribution < 1.29 is 25.1 Å². The number of allylic oxidation sites excluding steroid dienone is 2. The van der Waals surface area contributed by atoms with Gasteiger partial charge in [0, 0.05) is 22.3 Å². The second-order valence-electron chi connectivity index (χ2n) is 15.0. The Labute approximate surface area is 344 Å². The molecule has 0 unspecified atom stereocenters. The summed E-state index contributed by atoms with van der Waals surface area (Å²) in [5.41, 5.74) is 25.2. The maximum absolute atomic E-state index is 12.3. The molecule has 0 saturated carbocycles. The van der Waals surface area contributed by atoms with Crippen LogP contribution in [-0.2, 0) is 46.1 Å². The van der Waals surface area contributed by atoms with E-state index in [-0.39, 0.29) is 20.4 Å². The molecular formula is C50H82N2Pd. The van der Waals surface area contributed by atoms with E-state index in [1.54, 1.807) is 4.70 Å². The molecule has 0 amide bonds. The van der Waals surface area contributed by atoms with Crippen LogP contribution in [0, 0.1) is 13.8 Å². The molecule has 0 spiro atoms. The molecule has 1 aliphatic rings. The Morgan fingerprint density at radius 3 is 1.11 bits per heavy atom. The zero-order valence-corrected chi connectivity index (χ0v) is 37.6. The number of nitrogens with zero attached hydrogens (tertiary/aromatic N) is 2. The Balaban J connectivity index is 0.00000272. The Kier molecular flexibility index (Phi) is 31.3. The van der Waals surface area contributed by atoms with Gasteiger partial charge in [0.05, 0.1) is 0 Å². The van der Waals surface area contributed by atoms with E-state index in [9.17, 15) is 5.53 Å². The average Bonchev–Trinajstić information content (AvgIpc) is 3.45. The molecule has 302 valence electrons. The van der Waals surface area contributed by atoms with Gasteiger partial charge < -0.3 is 19.4 Å². The van der Waals surface area contributed by atoms with E-state index in [0.717, 1.165) is 75.6 Å². The van der Waals surface area contributed by atoms with E-state index in [2.05, 4.69) is 106 Å². The summed E-state index contributed by atoms with van der Waals surface area (Å²) in [6, 6.07) is 14.3. The van der Waals surface area contributed by atoms with E-state index in [4.69, 9.17) is 0 Å². The standard InChI is InChI=1S/C42H64N2.2C4H9.Pd/c1-7-13-17-18-19-22-26-40-39(25-16-10-4)41(37-29-33(11-5)27-35(31-37)23-20-14-8-2)44(43)42(40)38-30-34(12-6)28-36(32-38)24-21-15-9-3;2*1-3-4-2;/h27-32H,7-26H2,1-6H3;2*1,3-4H2,2H3;/q;2*-1;+2. The van der Waals surface area contributed by atoms with Gasteiger partial charge in [-0.3, -0.25) is 0 Å². The van der Waals surface area contributed by atoms with Gasteiger partial charge in [0.1, 0.15) is 0 Å². The summed E-state index contributed by atoms with van der Waals surface area (Å²) in [6.45, 7) is 25.1. The van der Waals surface area contributed by atoms with Gasteiger partial charge in [-0.25, -0.2) is 4.70 Å². The van der Waals surface area contributed by atoms with Gasteiger partial charge in [-0.1, -0.05) is 145 Å². The minimum Gasteiger partial charge on any atom is -0.493 e. The molecule has 1 aliphatic heterocycles. The van der Waals surface area contributed by atoms with Crippen molar-refractivity contribution in [1.29, 1.82) is 0 Å². The molecule has 0 saturated heterocycles. The number of unbranched alkanes of at least 4 members (excludes halogenated alkanes) is 12. The minimum atomic E-state index is 0. The summed E-state index contributed by atoms with van der Waals surface area (Å²) < 4.78 is 1.63. The fourth-order valence-corrected chi connectivity index (χ4v) is 6.87. The first-order valence-corrected chi connectivity index (χ1v) is 22.1. The quantitative estimate of drug-likeness (QED) is 0.0436. The maximum atomic E-state index is 12.3. The third-order valence-corrected chi connectivity index (χ3v) is 10.2. The first-order chi connectivity index (χ1) is 25.3. The first kappa shape index (κ1) is 51.2. The predicted molar refractivity (Wildman–Crippen MR) is 234 cm³/mol. The summed E-state index contributed by atoms with van der Waals surface area (Å²) in [5.74, 6) is 0. The monoisotopic (exact) mass is 817 g/mol. The van der Waals surface area contributed by atoms with Gasteiger partial charge in [-0.2, -0.15) is 12.8 Å². The first-order valence-electron chi connectivity index (χ1n) is 22.1. The predicted octanol–water partition coefficient (Wildman–Crippen LogP) is 16.6. The van der Waals surface area contributed by atoms with Gasteiger partial charge in [0.25, 0.3) is 0 Å². The summed E-state index contributed by atoms with van der Waals surface area (Å²) >= 11 is 0. The molecule has 0 bridgehead atoms. The van der Waals surface area contributed by atoms with Crippen molar-refractivity contribution in [2.24, 2.45) is 0 Å². The van der Waals surface area contributed by atoms with Crippen LogP contribution < -0.4 is 0 Å². The van der Waals surface area contributed by atoms with Crippen molar-refractivity contribution in [3.63, 3.8) is 0 Å². The Bertz CT molecular complexity index is 1310. The molecule has 2 nitrogen and oxygen atoms in total. The number of aryl methyl sites for hydroxylation is 4. The molecule has 2 aromatic rings. The van der Waals surface area contributed by atoms with Crippen molar-refractivity contribution in [2.75, 3.05) is 0 Å². The van der Waals surface area contributed by atoms with Gasteiger partial charge >= 0.3 is 20.4 Å². The SMILES string of the molecule is CCCCCCCCC1=C(c2cc(CC)cc(CCCCC)c2)[N+](=[N-])C(c2cc(CC)cc(CCCCC)c2)=C1CCCC.[CH2-]CCC.[CH2-]CCC.[Pd+2]. The van der Waals surface area contributed by atoms with Crippen molar-refractivity contribution in [2.45, 2.75) is 209 Å². The summed E-state index contributed by atoms with van der Waals surface area (Å²) in [7, 11) is 0. The second kappa shape index (κ2) is 32.4. The Hall–Kier alpha value is -1.82. The molecule has 0 aromatic heterocycles. The van der Waals surface area contributed by atoms with Crippen LogP contribution in [0.5, 0.6) is 0 Å². The Morgan fingerprint density at radius 1 is 0.415 bits per heavy atom. The molecular weight excluding hydrogens is 735 g/mol. The molecule has 0 aliphatic carbocycles. The molecule has 0 N–H and O–H groups in total. The van der Waals surface area contributed by atoms with Crippen molar-refractivity contribution in [1.82, 2.24) is 0 Å². The van der Waals surface area contributed by atoms with E-state index in [1.807, 2.05) is 0 Å². The van der Waals surface area contributed by atoms with Crippen LogP contribution in [0.2, 0.25) is 0 Å². The molecule has 53 heavy (non-hydrogen) atoms. The van der Waals surface area contributed by atoms with Crippen LogP contribution in [0.1, 0.15) is 217 Å². The van der Waals surface area contributed by atoms with Crippen LogP contribution >= 0.6 is 0 Å². The molecule has 3 rings (SSSR count). The molecule has 0 fully saturated rings. The third-order valence-electron chi connectivity index (χ3n) is 10.2. The number of benzene rings is 2. The second-order valence-corrected chi connectivity index (χ2v) is 15.0. The smallest absolute Gasteiger partial charge is 0.493 e. The van der Waals surface area contributed by atoms with Crippen molar-refractivity contribution >= 4 is 11.4 Å². The van der Waals surface area contributed by atoms with E-state index >= 15 is 0 Å². The topological polar surface area (TPSA) is 25.3 Å². The zero-order chi connectivity index (χ0) is 38.6. The largest absolute Gasteiger partial charge is 2.00 e. The van der Waals surface area contributed by atoms with Crippen molar-refractivity contribution in [3.8, 4) is 0 Å². The van der Waals surface area contributed by atoms with Crippen LogP contribution in [0.25, 0.3) is 16.9 Å². The summed E-state index contributed by atoms with van der Waals surface area (Å²) in [4.78, 5) is 0. The van der Waals surface area contributed by atoms with Crippen LogP contribution in [0.15, 0.2) is 47.5 Å². The van der Waals surface area contributed by atoms with Gasteiger partial charge in [-0.05, 0) is 111 Å². The number of hydrogen-bond donors (Lipinski definition) is 0. The number of rotatable bonds is 24. The summed E-state index contributed by atoms with van der Waals surface area (Å²) in [5, 5.41) is 0. The average molecular weight is 818 g/mol. The van der Waals surface area contributed by atoms with Gasteiger partial charge in [-0.15, -0.1) is 0 Å². The molecule has 1 heterocycles. The molecule has 0 atom stereocenters. The fourth-order valence-electron chi connectivity index (χ4n) is 6.87. The minimum absolute atomic E-state index is 0. The molecule has 2 aromatic carbocycles. The normalized spacial score (nSPS) is 12.4. The fraction of sp³-hybridized carbons (Fsp3) is 0.640. The van der Waals surface area contributed by atoms with E-state index in [0.29, 0.717) is 0 Å². The van der Waals surface area contributed by atoms with Crippen LogP contribution in [-0.4, -0.2) is 4.70 Å². The van der Waals surface area contributed by atoms with Crippen LogP contribution in [0.3, 0.4) is 0 Å². The van der Waals surface area contributed by atoms with Gasteiger partial charge in [0.2, 0.25) is 11.4 Å². The van der Waals surface area contributed by atoms with Crippen molar-refractivity contribution in [3.05, 3.63) is 100 Å². The molecule has 0 radical (unpaired) electrons.